The van der Waals surface area contributed by atoms with E-state index >= 15 is 0 Å². The van der Waals surface area contributed by atoms with E-state index in [0.29, 0.717) is 28.7 Å². The van der Waals surface area contributed by atoms with Crippen LogP contribution in [0.5, 0.6) is 11.6 Å². The minimum Gasteiger partial charge on any atom is -0.494 e. The van der Waals surface area contributed by atoms with E-state index in [-0.39, 0.29) is 35.5 Å². The molecule has 13 heteroatoms. The van der Waals surface area contributed by atoms with Gasteiger partial charge < -0.3 is 25.4 Å². The van der Waals surface area contributed by atoms with Crippen LogP contribution < -0.4 is 25.4 Å². The summed E-state index contributed by atoms with van der Waals surface area (Å²) in [7, 11) is 3.08. The van der Waals surface area contributed by atoms with E-state index in [4.69, 9.17) is 14.7 Å². The second-order valence-electron chi connectivity index (χ2n) is 10.4. The molecule has 0 spiro atoms. The Hall–Kier alpha value is -5.51. The number of pyridine rings is 1. The maximum absolute atomic E-state index is 12.6. The minimum absolute atomic E-state index is 0.00799. The number of carbonyl (C=O) groups excluding carboxylic acids is 2. The summed E-state index contributed by atoms with van der Waals surface area (Å²) in [5.74, 6) is 0.690. The molecular weight excluding hydrogens is 550 g/mol. The fourth-order valence-electron chi connectivity index (χ4n) is 4.88. The third-order valence-electron chi connectivity index (χ3n) is 7.41. The number of aromatic nitrogens is 5. The first-order chi connectivity index (χ1) is 20.9. The summed E-state index contributed by atoms with van der Waals surface area (Å²) in [6.45, 7) is 0. The van der Waals surface area contributed by atoms with Crippen molar-refractivity contribution in [2.75, 3.05) is 24.8 Å². The van der Waals surface area contributed by atoms with Crippen molar-refractivity contribution in [3.05, 3.63) is 66.2 Å². The second-order valence-corrected chi connectivity index (χ2v) is 10.4. The number of para-hydroxylation sites is 1. The topological polar surface area (TPSA) is 169 Å². The van der Waals surface area contributed by atoms with Crippen LogP contribution in [0, 0.1) is 17.2 Å². The summed E-state index contributed by atoms with van der Waals surface area (Å²) >= 11 is 0. The molecule has 2 fully saturated rings. The van der Waals surface area contributed by atoms with Crippen LogP contribution in [0.25, 0.3) is 11.1 Å². The Bertz CT molecular complexity index is 1720. The van der Waals surface area contributed by atoms with Gasteiger partial charge in [-0.15, -0.1) is 10.2 Å². The molecule has 2 saturated carbocycles. The van der Waals surface area contributed by atoms with Gasteiger partial charge in [-0.05, 0) is 25.0 Å². The molecule has 2 aliphatic rings. The van der Waals surface area contributed by atoms with E-state index in [1.807, 2.05) is 35.1 Å². The number of anilines is 3. The van der Waals surface area contributed by atoms with Crippen molar-refractivity contribution in [1.29, 1.82) is 5.26 Å². The smallest absolute Gasteiger partial charge is 0.273 e. The van der Waals surface area contributed by atoms with Gasteiger partial charge in [0.25, 0.3) is 5.91 Å². The highest BCUT2D eigenvalue weighted by atomic mass is 16.5. The first kappa shape index (κ1) is 27.6. The number of nitrogens with zero attached hydrogens (tertiary/aromatic N) is 6. The van der Waals surface area contributed by atoms with Crippen LogP contribution in [-0.4, -0.2) is 57.0 Å². The average molecular weight is 580 g/mol. The number of benzene rings is 1. The van der Waals surface area contributed by atoms with Gasteiger partial charge in [0.1, 0.15) is 23.6 Å². The molecule has 4 aromatic rings. The Morgan fingerprint density at radius 2 is 1.91 bits per heavy atom. The number of nitrogens with one attached hydrogen (secondary N) is 3. The molecule has 43 heavy (non-hydrogen) atoms. The van der Waals surface area contributed by atoms with Crippen LogP contribution in [0.15, 0.2) is 54.9 Å². The maximum atomic E-state index is 12.6. The largest absolute Gasteiger partial charge is 0.494 e. The summed E-state index contributed by atoms with van der Waals surface area (Å²) in [6, 6.07) is 14.5. The van der Waals surface area contributed by atoms with Gasteiger partial charge in [-0.2, -0.15) is 10.4 Å². The predicted octanol–water partition coefficient (Wildman–Crippen LogP) is 3.85. The third kappa shape index (κ3) is 5.94. The Labute approximate surface area is 247 Å². The molecule has 6 rings (SSSR count). The first-order valence-corrected chi connectivity index (χ1v) is 13.9. The molecule has 0 unspecified atom stereocenters. The SMILES string of the molecule is CNC(=O)c1nnc(NC(=O)C2CC2)cc1Nc1cccc(-c2cnn(C3CC(Oc4cccc(C#N)n4)C3)c2)c1OC. The van der Waals surface area contributed by atoms with Gasteiger partial charge in [-0.3, -0.25) is 14.3 Å². The number of nitriles is 1. The zero-order chi connectivity index (χ0) is 29.9. The summed E-state index contributed by atoms with van der Waals surface area (Å²) < 4.78 is 13.7. The standard InChI is InChI=1S/C30H29N9O4/c1-32-30(41)27-24(13-25(37-38-27)36-29(40)17-9-10-17)35-23-7-4-6-22(28(23)42-2)18-15-33-39(16-18)20-11-21(12-20)43-26-8-3-5-19(14-31)34-26/h3-8,13,15-17,20-21H,9-12H2,1-2H3,(H,32,41)(H2,35,36,37,40). The van der Waals surface area contributed by atoms with Crippen molar-refractivity contribution < 1.29 is 19.1 Å². The van der Waals surface area contributed by atoms with Crippen molar-refractivity contribution in [3.8, 4) is 28.8 Å². The highest BCUT2D eigenvalue weighted by Gasteiger charge is 2.33. The van der Waals surface area contributed by atoms with Gasteiger partial charge in [-0.1, -0.05) is 18.2 Å². The van der Waals surface area contributed by atoms with Crippen LogP contribution in [0.1, 0.15) is 47.9 Å². The zero-order valence-electron chi connectivity index (χ0n) is 23.6. The minimum atomic E-state index is -0.428. The number of ether oxygens (including phenoxy) is 2. The van der Waals surface area contributed by atoms with E-state index < -0.39 is 5.91 Å². The predicted molar refractivity (Wildman–Crippen MR) is 156 cm³/mol. The molecule has 0 radical (unpaired) electrons. The average Bonchev–Trinajstić information content (AvgIpc) is 3.76. The summed E-state index contributed by atoms with van der Waals surface area (Å²) in [4.78, 5) is 29.0. The van der Waals surface area contributed by atoms with Gasteiger partial charge in [-0.25, -0.2) is 4.98 Å². The molecular formula is C30H29N9O4. The first-order valence-electron chi connectivity index (χ1n) is 13.9. The van der Waals surface area contributed by atoms with Crippen LogP contribution in [0.4, 0.5) is 17.2 Å². The van der Waals surface area contributed by atoms with Crippen molar-refractivity contribution in [3.63, 3.8) is 0 Å². The Balaban J connectivity index is 1.19. The van der Waals surface area contributed by atoms with Gasteiger partial charge in [0.05, 0.1) is 30.7 Å². The highest BCUT2D eigenvalue weighted by molar-refractivity contribution is 6.00. The van der Waals surface area contributed by atoms with E-state index in [2.05, 4.69) is 36.2 Å². The lowest BCUT2D eigenvalue weighted by molar-refractivity contribution is -0.117. The Kier molecular flexibility index (Phi) is 7.57. The molecule has 218 valence electrons. The Morgan fingerprint density at radius 1 is 1.09 bits per heavy atom. The number of hydrogen-bond acceptors (Lipinski definition) is 10. The molecule has 1 aromatic carbocycles. The van der Waals surface area contributed by atoms with E-state index in [1.54, 1.807) is 37.6 Å². The molecule has 0 aliphatic heterocycles. The highest BCUT2D eigenvalue weighted by Crippen LogP contribution is 2.40. The maximum Gasteiger partial charge on any atom is 0.273 e. The van der Waals surface area contributed by atoms with Gasteiger partial charge in [0, 0.05) is 55.3 Å². The van der Waals surface area contributed by atoms with Crippen molar-refractivity contribution in [2.24, 2.45) is 5.92 Å². The van der Waals surface area contributed by atoms with Crippen LogP contribution in [0.3, 0.4) is 0 Å². The fourth-order valence-corrected chi connectivity index (χ4v) is 4.88. The third-order valence-corrected chi connectivity index (χ3v) is 7.41. The monoisotopic (exact) mass is 579 g/mol. The number of carbonyl (C=O) groups is 2. The molecule has 0 bridgehead atoms. The molecule has 2 amide bonds. The van der Waals surface area contributed by atoms with Gasteiger partial charge in [0.15, 0.2) is 11.5 Å². The quantitative estimate of drug-likeness (QED) is 0.251. The lowest BCUT2D eigenvalue weighted by Crippen LogP contribution is -2.35. The second kappa shape index (κ2) is 11.8. The van der Waals surface area contributed by atoms with E-state index in [1.165, 1.54) is 7.05 Å². The van der Waals surface area contributed by atoms with Crippen LogP contribution in [0.2, 0.25) is 0 Å². The molecule has 3 N–H and O–H groups in total. The van der Waals surface area contributed by atoms with Crippen LogP contribution >= 0.6 is 0 Å². The van der Waals surface area contributed by atoms with Gasteiger partial charge in [0.2, 0.25) is 11.8 Å². The number of hydrogen-bond donors (Lipinski definition) is 3. The van der Waals surface area contributed by atoms with Crippen molar-refractivity contribution >= 4 is 29.0 Å². The van der Waals surface area contributed by atoms with Gasteiger partial charge >= 0.3 is 0 Å². The zero-order valence-corrected chi connectivity index (χ0v) is 23.6. The van der Waals surface area contributed by atoms with Crippen molar-refractivity contribution in [1.82, 2.24) is 30.3 Å². The summed E-state index contributed by atoms with van der Waals surface area (Å²) in [6.07, 6.45) is 6.96. The lowest BCUT2D eigenvalue weighted by Gasteiger charge is -2.35. The fraction of sp³-hybridized carbons (Fsp3) is 0.300. The Morgan fingerprint density at radius 3 is 2.65 bits per heavy atom. The molecule has 3 aromatic heterocycles. The van der Waals surface area contributed by atoms with Crippen molar-refractivity contribution in [2.45, 2.75) is 37.8 Å². The lowest BCUT2D eigenvalue weighted by atomic mass is 9.89. The number of methoxy groups -OCH3 is 1. The molecule has 3 heterocycles. The molecule has 13 nitrogen and oxygen atoms in total. The molecule has 0 atom stereocenters. The number of rotatable bonds is 10. The van der Waals surface area contributed by atoms with E-state index in [0.717, 1.165) is 36.8 Å². The molecule has 2 aliphatic carbocycles. The normalized spacial score (nSPS) is 17.2. The summed E-state index contributed by atoms with van der Waals surface area (Å²) in [5, 5.41) is 30.4. The van der Waals surface area contributed by atoms with E-state index in [9.17, 15) is 9.59 Å². The van der Waals surface area contributed by atoms with Crippen LogP contribution in [-0.2, 0) is 4.79 Å². The summed E-state index contributed by atoms with van der Waals surface area (Å²) in [5.41, 5.74) is 3.00. The number of amides is 2. The molecule has 0 saturated heterocycles.